The molecular formula is C14H20ClNOS. The molecule has 100 valence electrons. The molecule has 0 saturated carbocycles. The predicted molar refractivity (Wildman–Crippen MR) is 79.8 cm³/mol. The van der Waals surface area contributed by atoms with Gasteiger partial charge in [-0.2, -0.15) is 0 Å². The highest BCUT2D eigenvalue weighted by atomic mass is 35.5. The van der Waals surface area contributed by atoms with Crippen LogP contribution in [0, 0.1) is 0 Å². The van der Waals surface area contributed by atoms with Crippen molar-refractivity contribution >= 4 is 29.3 Å². The molecule has 0 atom stereocenters. The van der Waals surface area contributed by atoms with Crippen LogP contribution in [-0.4, -0.2) is 36.0 Å². The second-order valence-electron chi connectivity index (χ2n) is 4.06. The Kier molecular flexibility index (Phi) is 7.21. The van der Waals surface area contributed by atoms with Crippen molar-refractivity contribution < 1.29 is 4.79 Å². The Morgan fingerprint density at radius 1 is 1.28 bits per heavy atom. The number of hydrogen-bond acceptors (Lipinski definition) is 2. The second-order valence-corrected chi connectivity index (χ2v) is 5.32. The average molecular weight is 286 g/mol. The standard InChI is InChI=1S/C14H20ClNOS/c1-3-4-10-16(11-9-15)14(17)12-5-7-13(18-2)8-6-12/h5-8H,3-4,9-11H2,1-2H3. The first-order valence-electron chi connectivity index (χ1n) is 6.22. The van der Waals surface area contributed by atoms with Gasteiger partial charge in [0, 0.05) is 29.4 Å². The molecule has 0 aliphatic rings. The second kappa shape index (κ2) is 8.44. The molecule has 0 bridgehead atoms. The molecule has 0 unspecified atom stereocenters. The third-order valence-electron chi connectivity index (χ3n) is 2.76. The molecular weight excluding hydrogens is 266 g/mol. The topological polar surface area (TPSA) is 20.3 Å². The highest BCUT2D eigenvalue weighted by Gasteiger charge is 2.14. The Hall–Kier alpha value is -0.670. The van der Waals surface area contributed by atoms with Crippen LogP contribution in [0.15, 0.2) is 29.2 Å². The summed E-state index contributed by atoms with van der Waals surface area (Å²) in [6, 6.07) is 7.75. The lowest BCUT2D eigenvalue weighted by Crippen LogP contribution is -2.33. The quantitative estimate of drug-likeness (QED) is 0.559. The maximum absolute atomic E-state index is 12.3. The Bertz CT molecular complexity index is 367. The van der Waals surface area contributed by atoms with Gasteiger partial charge in [-0.3, -0.25) is 4.79 Å². The lowest BCUT2D eigenvalue weighted by molar-refractivity contribution is 0.0763. The van der Waals surface area contributed by atoms with Crippen LogP contribution in [0.5, 0.6) is 0 Å². The van der Waals surface area contributed by atoms with Crippen molar-refractivity contribution in [1.29, 1.82) is 0 Å². The van der Waals surface area contributed by atoms with Crippen molar-refractivity contribution in [1.82, 2.24) is 4.90 Å². The van der Waals surface area contributed by atoms with Crippen LogP contribution >= 0.6 is 23.4 Å². The minimum atomic E-state index is 0.0803. The van der Waals surface area contributed by atoms with Crippen molar-refractivity contribution in [3.8, 4) is 0 Å². The summed E-state index contributed by atoms with van der Waals surface area (Å²) in [5.41, 5.74) is 0.744. The molecule has 0 aliphatic carbocycles. The molecule has 1 rings (SSSR count). The summed E-state index contributed by atoms with van der Waals surface area (Å²) in [5.74, 6) is 0.565. The van der Waals surface area contributed by atoms with E-state index in [0.717, 1.165) is 24.9 Å². The van der Waals surface area contributed by atoms with E-state index in [9.17, 15) is 4.79 Å². The number of halogens is 1. The zero-order chi connectivity index (χ0) is 13.4. The van der Waals surface area contributed by atoms with E-state index in [0.29, 0.717) is 12.4 Å². The molecule has 0 spiro atoms. The minimum Gasteiger partial charge on any atom is -0.337 e. The van der Waals surface area contributed by atoms with E-state index in [4.69, 9.17) is 11.6 Å². The molecule has 0 heterocycles. The van der Waals surface area contributed by atoms with E-state index < -0.39 is 0 Å². The first kappa shape index (κ1) is 15.4. The number of unbranched alkanes of at least 4 members (excludes halogenated alkanes) is 1. The smallest absolute Gasteiger partial charge is 0.253 e. The van der Waals surface area contributed by atoms with E-state index in [1.165, 1.54) is 4.90 Å². The number of benzene rings is 1. The SMILES string of the molecule is CCCCN(CCCl)C(=O)c1ccc(SC)cc1. The van der Waals surface area contributed by atoms with Crippen molar-refractivity contribution in [2.45, 2.75) is 24.7 Å². The van der Waals surface area contributed by atoms with Crippen LogP contribution < -0.4 is 0 Å². The van der Waals surface area contributed by atoms with Crippen molar-refractivity contribution in [2.24, 2.45) is 0 Å². The molecule has 0 fully saturated rings. The Morgan fingerprint density at radius 2 is 1.94 bits per heavy atom. The summed E-state index contributed by atoms with van der Waals surface area (Å²) in [5, 5.41) is 0. The summed E-state index contributed by atoms with van der Waals surface area (Å²) < 4.78 is 0. The van der Waals surface area contributed by atoms with Crippen molar-refractivity contribution in [3.63, 3.8) is 0 Å². The van der Waals surface area contributed by atoms with Gasteiger partial charge in [0.05, 0.1) is 0 Å². The van der Waals surface area contributed by atoms with Gasteiger partial charge in [-0.1, -0.05) is 13.3 Å². The monoisotopic (exact) mass is 285 g/mol. The van der Waals surface area contributed by atoms with Gasteiger partial charge in [-0.05, 0) is 36.9 Å². The summed E-state index contributed by atoms with van der Waals surface area (Å²) >= 11 is 7.43. The first-order chi connectivity index (χ1) is 8.72. The normalized spacial score (nSPS) is 10.4. The zero-order valence-corrected chi connectivity index (χ0v) is 12.6. The molecule has 1 aromatic rings. The third kappa shape index (κ3) is 4.54. The molecule has 0 saturated heterocycles. The van der Waals surface area contributed by atoms with Crippen LogP contribution in [0.4, 0.5) is 0 Å². The van der Waals surface area contributed by atoms with E-state index >= 15 is 0 Å². The average Bonchev–Trinajstić information content (AvgIpc) is 2.43. The summed E-state index contributed by atoms with van der Waals surface area (Å²) in [6.07, 6.45) is 4.13. The highest BCUT2D eigenvalue weighted by molar-refractivity contribution is 7.98. The molecule has 0 aromatic heterocycles. The fourth-order valence-corrected chi connectivity index (χ4v) is 2.29. The van der Waals surface area contributed by atoms with Crippen molar-refractivity contribution in [3.05, 3.63) is 29.8 Å². The van der Waals surface area contributed by atoms with Gasteiger partial charge in [-0.25, -0.2) is 0 Å². The number of nitrogens with zero attached hydrogens (tertiary/aromatic N) is 1. The first-order valence-corrected chi connectivity index (χ1v) is 7.98. The van der Waals surface area contributed by atoms with Crippen LogP contribution in [-0.2, 0) is 0 Å². The third-order valence-corrected chi connectivity index (χ3v) is 3.67. The molecule has 18 heavy (non-hydrogen) atoms. The number of thioether (sulfide) groups is 1. The Morgan fingerprint density at radius 3 is 2.44 bits per heavy atom. The Balaban J connectivity index is 2.73. The molecule has 0 aliphatic heterocycles. The molecule has 4 heteroatoms. The minimum absolute atomic E-state index is 0.0803. The number of alkyl halides is 1. The van der Waals surface area contributed by atoms with Gasteiger partial charge in [0.25, 0.3) is 5.91 Å². The van der Waals surface area contributed by atoms with Crippen molar-refractivity contribution in [2.75, 3.05) is 25.2 Å². The zero-order valence-electron chi connectivity index (χ0n) is 11.0. The van der Waals surface area contributed by atoms with E-state index in [1.807, 2.05) is 35.4 Å². The number of carbonyl (C=O) groups is 1. The van der Waals surface area contributed by atoms with Crippen LogP contribution in [0.3, 0.4) is 0 Å². The number of rotatable bonds is 7. The van der Waals surface area contributed by atoms with Gasteiger partial charge in [0.1, 0.15) is 0 Å². The van der Waals surface area contributed by atoms with E-state index in [1.54, 1.807) is 11.8 Å². The predicted octanol–water partition coefficient (Wildman–Crippen LogP) is 3.89. The van der Waals surface area contributed by atoms with E-state index in [2.05, 4.69) is 6.92 Å². The summed E-state index contributed by atoms with van der Waals surface area (Å²) in [4.78, 5) is 15.3. The molecule has 1 aromatic carbocycles. The summed E-state index contributed by atoms with van der Waals surface area (Å²) in [7, 11) is 0. The number of hydrogen-bond donors (Lipinski definition) is 0. The van der Waals surface area contributed by atoms with E-state index in [-0.39, 0.29) is 5.91 Å². The van der Waals surface area contributed by atoms with Gasteiger partial charge in [-0.15, -0.1) is 23.4 Å². The van der Waals surface area contributed by atoms with Crippen LogP contribution in [0.1, 0.15) is 30.1 Å². The largest absolute Gasteiger partial charge is 0.337 e. The van der Waals surface area contributed by atoms with Crippen LogP contribution in [0.2, 0.25) is 0 Å². The lowest BCUT2D eigenvalue weighted by atomic mass is 10.2. The van der Waals surface area contributed by atoms with Crippen LogP contribution in [0.25, 0.3) is 0 Å². The van der Waals surface area contributed by atoms with Gasteiger partial charge >= 0.3 is 0 Å². The van der Waals surface area contributed by atoms with Gasteiger partial charge in [0.15, 0.2) is 0 Å². The molecule has 0 N–H and O–H groups in total. The fourth-order valence-electron chi connectivity index (χ4n) is 1.68. The maximum atomic E-state index is 12.3. The number of carbonyl (C=O) groups excluding carboxylic acids is 1. The molecule has 1 amide bonds. The lowest BCUT2D eigenvalue weighted by Gasteiger charge is -2.21. The number of amides is 1. The Labute approximate surface area is 119 Å². The highest BCUT2D eigenvalue weighted by Crippen LogP contribution is 2.16. The molecule has 2 nitrogen and oxygen atoms in total. The van der Waals surface area contributed by atoms with Gasteiger partial charge < -0.3 is 4.90 Å². The van der Waals surface area contributed by atoms with Gasteiger partial charge in [0.2, 0.25) is 0 Å². The fraction of sp³-hybridized carbons (Fsp3) is 0.500. The molecule has 0 radical (unpaired) electrons. The maximum Gasteiger partial charge on any atom is 0.253 e. The summed E-state index contributed by atoms with van der Waals surface area (Å²) in [6.45, 7) is 3.52.